The number of carbonyl (C=O) groups is 1. The third kappa shape index (κ3) is 1.94. The minimum atomic E-state index is -0.268. The molecule has 5 nitrogen and oxygen atoms in total. The SMILES string of the molecule is N#CCNC(=O)c1ccc2nc(N)sc2c1. The Morgan fingerprint density at radius 3 is 3.19 bits per heavy atom. The van der Waals surface area contributed by atoms with Crippen molar-refractivity contribution < 1.29 is 4.79 Å². The lowest BCUT2D eigenvalue weighted by Gasteiger charge is -1.99. The Bertz CT molecular complexity index is 584. The Kier molecular flexibility index (Phi) is 2.70. The van der Waals surface area contributed by atoms with Crippen molar-refractivity contribution in [2.24, 2.45) is 0 Å². The van der Waals surface area contributed by atoms with Gasteiger partial charge in [0, 0.05) is 5.56 Å². The van der Waals surface area contributed by atoms with Gasteiger partial charge in [-0.15, -0.1) is 0 Å². The van der Waals surface area contributed by atoms with Gasteiger partial charge in [0.2, 0.25) is 0 Å². The first-order valence-electron chi connectivity index (χ1n) is 4.52. The summed E-state index contributed by atoms with van der Waals surface area (Å²) in [5, 5.41) is 11.3. The zero-order chi connectivity index (χ0) is 11.5. The van der Waals surface area contributed by atoms with Crippen LogP contribution in [0.1, 0.15) is 10.4 Å². The summed E-state index contributed by atoms with van der Waals surface area (Å²) in [7, 11) is 0. The van der Waals surface area contributed by atoms with Crippen LogP contribution in [-0.2, 0) is 0 Å². The zero-order valence-electron chi connectivity index (χ0n) is 8.23. The van der Waals surface area contributed by atoms with Crippen LogP contribution >= 0.6 is 11.3 Å². The summed E-state index contributed by atoms with van der Waals surface area (Å²) in [5.74, 6) is -0.268. The van der Waals surface area contributed by atoms with Crippen molar-refractivity contribution in [2.45, 2.75) is 0 Å². The van der Waals surface area contributed by atoms with Crippen LogP contribution < -0.4 is 11.1 Å². The van der Waals surface area contributed by atoms with Crippen molar-refractivity contribution in [1.29, 1.82) is 5.26 Å². The number of anilines is 1. The Morgan fingerprint density at radius 2 is 2.44 bits per heavy atom. The quantitative estimate of drug-likeness (QED) is 0.759. The van der Waals surface area contributed by atoms with Gasteiger partial charge in [-0.05, 0) is 18.2 Å². The van der Waals surface area contributed by atoms with Crippen molar-refractivity contribution in [2.75, 3.05) is 12.3 Å². The molecule has 2 rings (SSSR count). The van der Waals surface area contributed by atoms with Gasteiger partial charge in [0.25, 0.3) is 5.91 Å². The number of hydrogen-bond acceptors (Lipinski definition) is 5. The molecule has 6 heteroatoms. The van der Waals surface area contributed by atoms with Gasteiger partial charge in [0.1, 0.15) is 6.54 Å². The topological polar surface area (TPSA) is 91.8 Å². The van der Waals surface area contributed by atoms with Crippen LogP contribution in [0.25, 0.3) is 10.2 Å². The Labute approximate surface area is 95.5 Å². The van der Waals surface area contributed by atoms with E-state index in [4.69, 9.17) is 11.0 Å². The number of nitrogens with zero attached hydrogens (tertiary/aromatic N) is 2. The molecule has 0 fully saturated rings. The lowest BCUT2D eigenvalue weighted by atomic mass is 10.2. The van der Waals surface area contributed by atoms with Crippen molar-refractivity contribution in [3.63, 3.8) is 0 Å². The van der Waals surface area contributed by atoms with E-state index < -0.39 is 0 Å². The van der Waals surface area contributed by atoms with Gasteiger partial charge in [-0.3, -0.25) is 4.79 Å². The molecule has 0 spiro atoms. The summed E-state index contributed by atoms with van der Waals surface area (Å²) in [6.45, 7) is 0.00169. The molecule has 3 N–H and O–H groups in total. The van der Waals surface area contributed by atoms with Crippen LogP contribution in [0, 0.1) is 11.3 Å². The van der Waals surface area contributed by atoms with E-state index in [2.05, 4.69) is 10.3 Å². The number of nitriles is 1. The molecule has 0 aliphatic carbocycles. The fourth-order valence-electron chi connectivity index (χ4n) is 1.31. The van der Waals surface area contributed by atoms with Crippen LogP contribution in [0.15, 0.2) is 18.2 Å². The molecule has 0 aliphatic heterocycles. The average molecular weight is 232 g/mol. The normalized spacial score (nSPS) is 9.94. The molecule has 1 amide bonds. The highest BCUT2D eigenvalue weighted by atomic mass is 32.1. The molecule has 1 aromatic carbocycles. The number of nitrogen functional groups attached to an aromatic ring is 1. The van der Waals surface area contributed by atoms with E-state index in [0.717, 1.165) is 10.2 Å². The number of carbonyl (C=O) groups excluding carboxylic acids is 1. The van der Waals surface area contributed by atoms with Crippen molar-refractivity contribution in [3.8, 4) is 6.07 Å². The molecule has 0 radical (unpaired) electrons. The molecule has 2 aromatic rings. The highest BCUT2D eigenvalue weighted by molar-refractivity contribution is 7.22. The number of amides is 1. The van der Waals surface area contributed by atoms with E-state index in [-0.39, 0.29) is 12.5 Å². The number of thiazole rings is 1. The van der Waals surface area contributed by atoms with E-state index in [1.807, 2.05) is 6.07 Å². The number of nitrogens with one attached hydrogen (secondary N) is 1. The van der Waals surface area contributed by atoms with Crippen LogP contribution in [0.5, 0.6) is 0 Å². The van der Waals surface area contributed by atoms with Gasteiger partial charge < -0.3 is 11.1 Å². The lowest BCUT2D eigenvalue weighted by Crippen LogP contribution is -2.23. The maximum Gasteiger partial charge on any atom is 0.252 e. The molecule has 80 valence electrons. The second kappa shape index (κ2) is 4.16. The first-order chi connectivity index (χ1) is 7.70. The molecule has 1 aromatic heterocycles. The molecular weight excluding hydrogens is 224 g/mol. The summed E-state index contributed by atoms with van der Waals surface area (Å²) in [4.78, 5) is 15.6. The number of nitrogens with two attached hydrogens (primary N) is 1. The fraction of sp³-hybridized carbons (Fsp3) is 0.100. The standard InChI is InChI=1S/C10H8N4OS/c11-3-4-13-9(15)6-1-2-7-8(5-6)16-10(12)14-7/h1-2,5H,4H2,(H2,12,14)(H,13,15). The molecule has 0 saturated carbocycles. The van der Waals surface area contributed by atoms with Gasteiger partial charge in [0.15, 0.2) is 5.13 Å². The van der Waals surface area contributed by atoms with Gasteiger partial charge in [-0.2, -0.15) is 5.26 Å². The monoisotopic (exact) mass is 232 g/mol. The van der Waals surface area contributed by atoms with E-state index in [9.17, 15) is 4.79 Å². The molecule has 0 atom stereocenters. The van der Waals surface area contributed by atoms with Crippen LogP contribution in [-0.4, -0.2) is 17.4 Å². The maximum atomic E-state index is 11.5. The first kappa shape index (κ1) is 10.4. The number of fused-ring (bicyclic) bond motifs is 1. The third-order valence-corrected chi connectivity index (χ3v) is 2.84. The molecule has 0 unspecified atom stereocenters. The van der Waals surface area contributed by atoms with Crippen LogP contribution in [0.2, 0.25) is 0 Å². The summed E-state index contributed by atoms with van der Waals surface area (Å²) in [6.07, 6.45) is 0. The average Bonchev–Trinajstić information content (AvgIpc) is 2.64. The van der Waals surface area contributed by atoms with Gasteiger partial charge in [0.05, 0.1) is 16.3 Å². The van der Waals surface area contributed by atoms with Gasteiger partial charge in [-0.1, -0.05) is 11.3 Å². The van der Waals surface area contributed by atoms with Crippen LogP contribution in [0.4, 0.5) is 5.13 Å². The molecule has 1 heterocycles. The second-order valence-electron chi connectivity index (χ2n) is 3.08. The first-order valence-corrected chi connectivity index (χ1v) is 5.33. The molecule has 0 aliphatic rings. The molecule has 16 heavy (non-hydrogen) atoms. The number of benzene rings is 1. The molecular formula is C10H8N4OS. The minimum absolute atomic E-state index is 0.00169. The van der Waals surface area contributed by atoms with Crippen molar-refractivity contribution >= 4 is 32.6 Å². The highest BCUT2D eigenvalue weighted by Gasteiger charge is 2.07. The summed E-state index contributed by atoms with van der Waals surface area (Å²) >= 11 is 1.33. The fourth-order valence-corrected chi connectivity index (χ4v) is 2.08. The minimum Gasteiger partial charge on any atom is -0.375 e. The second-order valence-corrected chi connectivity index (χ2v) is 4.14. The molecule has 0 bridgehead atoms. The van der Waals surface area contributed by atoms with E-state index >= 15 is 0 Å². The zero-order valence-corrected chi connectivity index (χ0v) is 9.04. The van der Waals surface area contributed by atoms with Crippen molar-refractivity contribution in [3.05, 3.63) is 23.8 Å². The lowest BCUT2D eigenvalue weighted by molar-refractivity contribution is 0.0958. The number of rotatable bonds is 2. The molecule has 0 saturated heterocycles. The Morgan fingerprint density at radius 1 is 1.62 bits per heavy atom. The third-order valence-electron chi connectivity index (χ3n) is 2.00. The summed E-state index contributed by atoms with van der Waals surface area (Å²) in [6, 6.07) is 6.97. The van der Waals surface area contributed by atoms with Gasteiger partial charge in [-0.25, -0.2) is 4.98 Å². The van der Waals surface area contributed by atoms with E-state index in [1.165, 1.54) is 11.3 Å². The van der Waals surface area contributed by atoms with Crippen molar-refractivity contribution in [1.82, 2.24) is 10.3 Å². The van der Waals surface area contributed by atoms with Gasteiger partial charge >= 0.3 is 0 Å². The number of hydrogen-bond donors (Lipinski definition) is 2. The number of aromatic nitrogens is 1. The summed E-state index contributed by atoms with van der Waals surface area (Å²) < 4.78 is 0.863. The highest BCUT2D eigenvalue weighted by Crippen LogP contribution is 2.24. The largest absolute Gasteiger partial charge is 0.375 e. The summed E-state index contributed by atoms with van der Waals surface area (Å²) in [5.41, 5.74) is 6.84. The Balaban J connectivity index is 2.32. The predicted molar refractivity (Wildman–Crippen MR) is 62.0 cm³/mol. The Hall–Kier alpha value is -2.13. The smallest absolute Gasteiger partial charge is 0.252 e. The predicted octanol–water partition coefficient (Wildman–Crippen LogP) is 1.13. The maximum absolute atomic E-state index is 11.5. The van der Waals surface area contributed by atoms with E-state index in [0.29, 0.717) is 10.7 Å². The van der Waals surface area contributed by atoms with E-state index in [1.54, 1.807) is 18.2 Å². The van der Waals surface area contributed by atoms with Crippen LogP contribution in [0.3, 0.4) is 0 Å².